The average Bonchev–Trinajstić information content (AvgIpc) is 2.27. The molecule has 0 bridgehead atoms. The third kappa shape index (κ3) is 3.10. The molecule has 1 aliphatic rings. The predicted octanol–water partition coefficient (Wildman–Crippen LogP) is 1.63. The summed E-state index contributed by atoms with van der Waals surface area (Å²) in [6.45, 7) is 7.82. The maximum atomic E-state index is 11.3. The van der Waals surface area contributed by atoms with E-state index < -0.39 is 0 Å². The minimum atomic E-state index is 0.114. The van der Waals surface area contributed by atoms with Crippen molar-refractivity contribution in [1.29, 1.82) is 0 Å². The van der Waals surface area contributed by atoms with Gasteiger partial charge >= 0.3 is 0 Å². The van der Waals surface area contributed by atoms with E-state index in [1.54, 1.807) is 0 Å². The number of benzene rings is 1. The molecular formula is C15H22N2O. The Balaban J connectivity index is 1.99. The van der Waals surface area contributed by atoms with Crippen LogP contribution < -0.4 is 10.6 Å². The summed E-state index contributed by atoms with van der Waals surface area (Å²) in [5.74, 6) is 0.114. The molecule has 1 fully saturated rings. The van der Waals surface area contributed by atoms with Crippen molar-refractivity contribution in [2.45, 2.75) is 39.7 Å². The molecule has 3 nitrogen and oxygen atoms in total. The molecule has 0 aromatic heterocycles. The van der Waals surface area contributed by atoms with Crippen molar-refractivity contribution in [2.24, 2.45) is 0 Å². The van der Waals surface area contributed by atoms with Crippen molar-refractivity contribution >= 4 is 5.91 Å². The Bertz CT molecular complexity index is 431. The first kappa shape index (κ1) is 13.1. The maximum Gasteiger partial charge on any atom is 0.234 e. The summed E-state index contributed by atoms with van der Waals surface area (Å²) in [5.41, 5.74) is 5.48. The number of rotatable bonds is 3. The first-order valence-electron chi connectivity index (χ1n) is 6.63. The van der Waals surface area contributed by atoms with Crippen LogP contribution in [0, 0.1) is 20.8 Å². The SMILES string of the molecule is Cc1cc(C)c(CCC2CNCC(=O)N2)c(C)c1. The zero-order chi connectivity index (χ0) is 13.1. The fourth-order valence-electron chi connectivity index (χ4n) is 2.79. The number of nitrogens with one attached hydrogen (secondary N) is 2. The molecule has 98 valence electrons. The fraction of sp³-hybridized carbons (Fsp3) is 0.533. The Labute approximate surface area is 109 Å². The summed E-state index contributed by atoms with van der Waals surface area (Å²) < 4.78 is 0. The Morgan fingerprint density at radius 1 is 1.22 bits per heavy atom. The molecule has 1 aliphatic heterocycles. The quantitative estimate of drug-likeness (QED) is 0.851. The first-order valence-corrected chi connectivity index (χ1v) is 6.63. The summed E-state index contributed by atoms with van der Waals surface area (Å²) >= 11 is 0. The van der Waals surface area contributed by atoms with E-state index in [4.69, 9.17) is 0 Å². The lowest BCUT2D eigenvalue weighted by Gasteiger charge is -2.24. The molecule has 3 heteroatoms. The highest BCUT2D eigenvalue weighted by Gasteiger charge is 2.17. The Morgan fingerprint density at radius 2 is 1.89 bits per heavy atom. The number of amides is 1. The molecule has 0 saturated carbocycles. The second-order valence-corrected chi connectivity index (χ2v) is 5.31. The highest BCUT2D eigenvalue weighted by Crippen LogP contribution is 2.18. The monoisotopic (exact) mass is 246 g/mol. The van der Waals surface area contributed by atoms with Crippen LogP contribution in [0.2, 0.25) is 0 Å². The molecule has 0 spiro atoms. The molecule has 0 aliphatic carbocycles. The van der Waals surface area contributed by atoms with Gasteiger partial charge in [0, 0.05) is 12.6 Å². The molecule has 1 aromatic carbocycles. The number of aryl methyl sites for hydroxylation is 3. The van der Waals surface area contributed by atoms with Gasteiger partial charge in [-0.1, -0.05) is 17.7 Å². The third-order valence-corrected chi connectivity index (χ3v) is 3.62. The number of carbonyl (C=O) groups excluding carboxylic acids is 1. The van der Waals surface area contributed by atoms with E-state index in [2.05, 4.69) is 43.5 Å². The minimum absolute atomic E-state index is 0.114. The molecule has 1 saturated heterocycles. The van der Waals surface area contributed by atoms with Gasteiger partial charge in [-0.05, 0) is 50.3 Å². The number of hydrogen-bond acceptors (Lipinski definition) is 2. The zero-order valence-corrected chi connectivity index (χ0v) is 11.5. The van der Waals surface area contributed by atoms with E-state index in [9.17, 15) is 4.79 Å². The molecule has 1 unspecified atom stereocenters. The summed E-state index contributed by atoms with van der Waals surface area (Å²) in [6, 6.07) is 4.74. The number of piperazine rings is 1. The van der Waals surface area contributed by atoms with Gasteiger partial charge in [-0.3, -0.25) is 4.79 Å². The van der Waals surface area contributed by atoms with Crippen molar-refractivity contribution in [2.75, 3.05) is 13.1 Å². The largest absolute Gasteiger partial charge is 0.351 e. The average molecular weight is 246 g/mol. The zero-order valence-electron chi connectivity index (χ0n) is 11.5. The van der Waals surface area contributed by atoms with Gasteiger partial charge in [0.15, 0.2) is 0 Å². The minimum Gasteiger partial charge on any atom is -0.351 e. The third-order valence-electron chi connectivity index (χ3n) is 3.62. The van der Waals surface area contributed by atoms with E-state index in [1.807, 2.05) is 0 Å². The molecule has 1 atom stereocenters. The first-order chi connectivity index (χ1) is 8.56. The van der Waals surface area contributed by atoms with Gasteiger partial charge in [0.1, 0.15) is 0 Å². The molecule has 1 amide bonds. The number of hydrogen-bond donors (Lipinski definition) is 2. The van der Waals surface area contributed by atoms with Crippen LogP contribution in [0.25, 0.3) is 0 Å². The van der Waals surface area contributed by atoms with Crippen LogP contribution in [-0.4, -0.2) is 25.0 Å². The lowest BCUT2D eigenvalue weighted by molar-refractivity contribution is -0.122. The van der Waals surface area contributed by atoms with Gasteiger partial charge in [-0.15, -0.1) is 0 Å². The Morgan fingerprint density at radius 3 is 2.50 bits per heavy atom. The molecule has 2 rings (SSSR count). The van der Waals surface area contributed by atoms with Crippen LogP contribution in [0.15, 0.2) is 12.1 Å². The molecule has 0 radical (unpaired) electrons. The summed E-state index contributed by atoms with van der Waals surface area (Å²) in [4.78, 5) is 11.3. The highest BCUT2D eigenvalue weighted by molar-refractivity contribution is 5.79. The molecule has 1 heterocycles. The molecule has 1 aromatic rings. The van der Waals surface area contributed by atoms with E-state index in [1.165, 1.54) is 22.3 Å². The smallest absolute Gasteiger partial charge is 0.234 e. The predicted molar refractivity (Wildman–Crippen MR) is 73.8 cm³/mol. The van der Waals surface area contributed by atoms with Gasteiger partial charge in [0.05, 0.1) is 6.54 Å². The van der Waals surface area contributed by atoms with E-state index >= 15 is 0 Å². The van der Waals surface area contributed by atoms with Crippen molar-refractivity contribution in [1.82, 2.24) is 10.6 Å². The highest BCUT2D eigenvalue weighted by atomic mass is 16.2. The van der Waals surface area contributed by atoms with Crippen LogP contribution in [0.4, 0.5) is 0 Å². The lowest BCUT2D eigenvalue weighted by atomic mass is 9.94. The van der Waals surface area contributed by atoms with Crippen LogP contribution in [-0.2, 0) is 11.2 Å². The van der Waals surface area contributed by atoms with Crippen molar-refractivity contribution in [3.8, 4) is 0 Å². The number of carbonyl (C=O) groups is 1. The van der Waals surface area contributed by atoms with Crippen molar-refractivity contribution in [3.63, 3.8) is 0 Å². The van der Waals surface area contributed by atoms with Gasteiger partial charge in [0.2, 0.25) is 5.91 Å². The second-order valence-electron chi connectivity index (χ2n) is 5.31. The van der Waals surface area contributed by atoms with E-state index in [0.29, 0.717) is 6.54 Å². The molecule has 18 heavy (non-hydrogen) atoms. The van der Waals surface area contributed by atoms with Crippen LogP contribution >= 0.6 is 0 Å². The Kier molecular flexibility index (Phi) is 4.02. The van der Waals surface area contributed by atoms with Crippen molar-refractivity contribution < 1.29 is 4.79 Å². The second kappa shape index (κ2) is 5.53. The van der Waals surface area contributed by atoms with Crippen molar-refractivity contribution in [3.05, 3.63) is 34.4 Å². The summed E-state index contributed by atoms with van der Waals surface area (Å²) in [7, 11) is 0. The molecule has 2 N–H and O–H groups in total. The van der Waals surface area contributed by atoms with E-state index in [-0.39, 0.29) is 11.9 Å². The van der Waals surface area contributed by atoms with Gasteiger partial charge in [-0.2, -0.15) is 0 Å². The fourth-order valence-corrected chi connectivity index (χ4v) is 2.79. The van der Waals surface area contributed by atoms with Gasteiger partial charge in [0.25, 0.3) is 0 Å². The lowest BCUT2D eigenvalue weighted by Crippen LogP contribution is -2.52. The van der Waals surface area contributed by atoms with Crippen LogP contribution in [0.5, 0.6) is 0 Å². The maximum absolute atomic E-state index is 11.3. The normalized spacial score (nSPS) is 19.7. The topological polar surface area (TPSA) is 41.1 Å². The van der Waals surface area contributed by atoms with E-state index in [0.717, 1.165) is 19.4 Å². The standard InChI is InChI=1S/C15H22N2O/c1-10-6-11(2)14(12(3)7-10)5-4-13-8-16-9-15(18)17-13/h6-7,13,16H,4-5,8-9H2,1-3H3,(H,17,18). The van der Waals surface area contributed by atoms with Gasteiger partial charge in [-0.25, -0.2) is 0 Å². The summed E-state index contributed by atoms with van der Waals surface area (Å²) in [5, 5.41) is 6.18. The van der Waals surface area contributed by atoms with Crippen LogP contribution in [0.3, 0.4) is 0 Å². The van der Waals surface area contributed by atoms with Crippen LogP contribution in [0.1, 0.15) is 28.7 Å². The Hall–Kier alpha value is -1.35. The summed E-state index contributed by atoms with van der Waals surface area (Å²) in [6.07, 6.45) is 2.04. The van der Waals surface area contributed by atoms with Gasteiger partial charge < -0.3 is 10.6 Å². The molecular weight excluding hydrogens is 224 g/mol.